The van der Waals surface area contributed by atoms with Gasteiger partial charge in [0, 0.05) is 33.7 Å². The number of nitrogens with zero attached hydrogens (tertiary/aromatic N) is 2. The lowest BCUT2D eigenvalue weighted by molar-refractivity contribution is -0.139. The van der Waals surface area contributed by atoms with Crippen LogP contribution in [0.1, 0.15) is 43.4 Å². The van der Waals surface area contributed by atoms with E-state index in [4.69, 9.17) is 34.8 Å². The van der Waals surface area contributed by atoms with Crippen molar-refractivity contribution in [1.29, 1.82) is 0 Å². The highest BCUT2D eigenvalue weighted by Crippen LogP contribution is 2.30. The minimum Gasteiger partial charge on any atom is -0.354 e. The number of carbonyl (C=O) groups is 2. The van der Waals surface area contributed by atoms with Crippen molar-refractivity contribution in [2.75, 3.05) is 17.4 Å². The molecule has 0 unspecified atom stereocenters. The fourth-order valence-corrected chi connectivity index (χ4v) is 6.17. The molecule has 0 saturated carbocycles. The predicted octanol–water partition coefficient (Wildman–Crippen LogP) is 6.79. The van der Waals surface area contributed by atoms with Gasteiger partial charge in [0.2, 0.25) is 11.8 Å². The molecule has 3 aromatic rings. The number of rotatable bonds is 12. The first-order valence-corrected chi connectivity index (χ1v) is 15.8. The Bertz CT molecular complexity index is 1480. The number of carbonyl (C=O) groups excluding carboxylic acids is 2. The number of unbranched alkanes of at least 4 members (excludes halogenated alkanes) is 1. The molecule has 0 saturated heterocycles. The molecule has 0 spiro atoms. The first-order chi connectivity index (χ1) is 19.4. The maximum absolute atomic E-state index is 14.0. The van der Waals surface area contributed by atoms with Gasteiger partial charge in [-0.2, -0.15) is 0 Å². The SMILES string of the molecule is CCCCNC(=O)[C@@H](C)N(Cc1c(Cl)cccc1Cl)C(=O)CN(c1ccc(C)c(Cl)c1)S(=O)(=O)c1ccc(C)cc1. The summed E-state index contributed by atoms with van der Waals surface area (Å²) in [5.41, 5.74) is 2.30. The van der Waals surface area contributed by atoms with E-state index in [1.165, 1.54) is 23.1 Å². The third kappa shape index (κ3) is 8.16. The lowest BCUT2D eigenvalue weighted by Gasteiger charge is -2.32. The molecule has 2 amide bonds. The van der Waals surface area contributed by atoms with Crippen molar-refractivity contribution >= 4 is 62.3 Å². The van der Waals surface area contributed by atoms with Gasteiger partial charge in [-0.15, -0.1) is 0 Å². The van der Waals surface area contributed by atoms with Gasteiger partial charge in [-0.25, -0.2) is 8.42 Å². The van der Waals surface area contributed by atoms with Gasteiger partial charge in [0.1, 0.15) is 12.6 Å². The molecule has 11 heteroatoms. The number of nitrogens with one attached hydrogen (secondary N) is 1. The molecule has 3 rings (SSSR count). The Morgan fingerprint density at radius 2 is 1.56 bits per heavy atom. The second-order valence-corrected chi connectivity index (χ2v) is 12.9. The molecule has 0 aromatic heterocycles. The minimum absolute atomic E-state index is 0.0126. The van der Waals surface area contributed by atoms with Gasteiger partial charge in [0.15, 0.2) is 0 Å². The fraction of sp³-hybridized carbons (Fsp3) is 0.333. The monoisotopic (exact) mass is 637 g/mol. The van der Waals surface area contributed by atoms with Gasteiger partial charge in [0.05, 0.1) is 10.6 Å². The van der Waals surface area contributed by atoms with E-state index < -0.39 is 28.5 Å². The van der Waals surface area contributed by atoms with Gasteiger partial charge in [-0.3, -0.25) is 13.9 Å². The Morgan fingerprint density at radius 3 is 2.15 bits per heavy atom. The molecular weight excluding hydrogens is 605 g/mol. The second kappa shape index (κ2) is 14.4. The first-order valence-electron chi connectivity index (χ1n) is 13.2. The van der Waals surface area contributed by atoms with Crippen molar-refractivity contribution in [3.05, 3.63) is 92.4 Å². The quantitative estimate of drug-likeness (QED) is 0.221. The van der Waals surface area contributed by atoms with Crippen molar-refractivity contribution in [3.8, 4) is 0 Å². The lowest BCUT2D eigenvalue weighted by atomic mass is 10.1. The van der Waals surface area contributed by atoms with Gasteiger partial charge >= 0.3 is 0 Å². The Hall–Kier alpha value is -2.78. The van der Waals surface area contributed by atoms with Crippen LogP contribution in [-0.4, -0.2) is 44.3 Å². The zero-order chi connectivity index (χ0) is 30.3. The summed E-state index contributed by atoms with van der Waals surface area (Å²) < 4.78 is 28.9. The van der Waals surface area contributed by atoms with Crippen LogP contribution in [0.5, 0.6) is 0 Å². The molecular formula is C30H34Cl3N3O4S. The molecule has 0 aliphatic carbocycles. The van der Waals surface area contributed by atoms with Gasteiger partial charge in [0.25, 0.3) is 10.0 Å². The van der Waals surface area contributed by atoms with E-state index >= 15 is 0 Å². The molecule has 7 nitrogen and oxygen atoms in total. The molecule has 1 N–H and O–H groups in total. The molecule has 1 atom stereocenters. The smallest absolute Gasteiger partial charge is 0.264 e. The Morgan fingerprint density at radius 1 is 0.927 bits per heavy atom. The molecule has 0 bridgehead atoms. The van der Waals surface area contributed by atoms with E-state index in [1.807, 2.05) is 13.8 Å². The van der Waals surface area contributed by atoms with Crippen molar-refractivity contribution in [2.45, 2.75) is 58.0 Å². The molecule has 0 aliphatic heterocycles. The highest BCUT2D eigenvalue weighted by molar-refractivity contribution is 7.92. The van der Waals surface area contributed by atoms with E-state index in [-0.39, 0.29) is 23.0 Å². The van der Waals surface area contributed by atoms with Gasteiger partial charge in [-0.05, 0) is 69.2 Å². The third-order valence-corrected chi connectivity index (χ3v) is 9.62. The Labute approximate surface area is 257 Å². The summed E-state index contributed by atoms with van der Waals surface area (Å²) >= 11 is 19.2. The highest BCUT2D eigenvalue weighted by Gasteiger charge is 2.33. The van der Waals surface area contributed by atoms with Crippen LogP contribution in [0.3, 0.4) is 0 Å². The zero-order valence-electron chi connectivity index (χ0n) is 23.5. The summed E-state index contributed by atoms with van der Waals surface area (Å²) in [5.74, 6) is -0.993. The largest absolute Gasteiger partial charge is 0.354 e. The van der Waals surface area contributed by atoms with E-state index in [2.05, 4.69) is 5.32 Å². The minimum atomic E-state index is -4.21. The first kappa shape index (κ1) is 32.7. The molecule has 3 aromatic carbocycles. The van der Waals surface area contributed by atoms with Crippen LogP contribution in [-0.2, 0) is 26.2 Å². The van der Waals surface area contributed by atoms with Gasteiger partial charge < -0.3 is 10.2 Å². The number of hydrogen-bond donors (Lipinski definition) is 1. The molecule has 41 heavy (non-hydrogen) atoms. The fourth-order valence-electron chi connectivity index (χ4n) is 4.08. The number of anilines is 1. The summed E-state index contributed by atoms with van der Waals surface area (Å²) in [6.45, 7) is 6.99. The van der Waals surface area contributed by atoms with E-state index in [9.17, 15) is 18.0 Å². The van der Waals surface area contributed by atoms with Crippen LogP contribution in [0.2, 0.25) is 15.1 Å². The van der Waals surface area contributed by atoms with Gasteiger partial charge in [-0.1, -0.05) is 78.0 Å². The summed E-state index contributed by atoms with van der Waals surface area (Å²) in [5, 5.41) is 3.84. The third-order valence-electron chi connectivity index (χ3n) is 6.72. The normalized spacial score (nSPS) is 12.1. The van der Waals surface area contributed by atoms with Crippen molar-refractivity contribution < 1.29 is 18.0 Å². The van der Waals surface area contributed by atoms with Crippen LogP contribution >= 0.6 is 34.8 Å². The average molecular weight is 639 g/mol. The molecule has 220 valence electrons. The summed E-state index contributed by atoms with van der Waals surface area (Å²) in [4.78, 5) is 28.4. The van der Waals surface area contributed by atoms with E-state index in [0.29, 0.717) is 27.2 Å². The number of amides is 2. The maximum atomic E-state index is 14.0. The van der Waals surface area contributed by atoms with Crippen molar-refractivity contribution in [1.82, 2.24) is 10.2 Å². The summed E-state index contributed by atoms with van der Waals surface area (Å²) in [6, 6.07) is 15.1. The van der Waals surface area contributed by atoms with E-state index in [0.717, 1.165) is 28.3 Å². The number of aryl methyl sites for hydroxylation is 2. The average Bonchev–Trinajstić information content (AvgIpc) is 2.93. The predicted molar refractivity (Wildman–Crippen MR) is 166 cm³/mol. The van der Waals surface area contributed by atoms with Crippen molar-refractivity contribution in [2.24, 2.45) is 0 Å². The lowest BCUT2D eigenvalue weighted by Crippen LogP contribution is -2.51. The molecule has 0 heterocycles. The number of sulfonamides is 1. The maximum Gasteiger partial charge on any atom is 0.264 e. The van der Waals surface area contributed by atoms with Crippen LogP contribution in [0.15, 0.2) is 65.6 Å². The number of benzene rings is 3. The van der Waals surface area contributed by atoms with Crippen LogP contribution < -0.4 is 9.62 Å². The Kier molecular flexibility index (Phi) is 11.5. The van der Waals surface area contributed by atoms with Crippen LogP contribution in [0.4, 0.5) is 5.69 Å². The molecule has 0 fully saturated rings. The molecule has 0 aliphatic rings. The molecule has 0 radical (unpaired) electrons. The standard InChI is InChI=1S/C30H34Cl3N3O4S/c1-5-6-16-34-30(38)22(4)35(18-25-26(31)8-7-9-27(25)32)29(37)19-36(23-13-12-21(3)28(33)17-23)41(39,40)24-14-10-20(2)11-15-24/h7-15,17,22H,5-6,16,18-19H2,1-4H3,(H,34,38)/t22-/m1/s1. The van der Waals surface area contributed by atoms with Crippen molar-refractivity contribution in [3.63, 3.8) is 0 Å². The summed E-state index contributed by atoms with van der Waals surface area (Å²) in [7, 11) is -4.21. The van der Waals surface area contributed by atoms with Crippen LogP contribution in [0.25, 0.3) is 0 Å². The highest BCUT2D eigenvalue weighted by atomic mass is 35.5. The van der Waals surface area contributed by atoms with Crippen LogP contribution in [0, 0.1) is 13.8 Å². The summed E-state index contributed by atoms with van der Waals surface area (Å²) in [6.07, 6.45) is 1.66. The van der Waals surface area contributed by atoms with E-state index in [1.54, 1.807) is 56.3 Å². The Balaban J connectivity index is 2.06. The second-order valence-electron chi connectivity index (χ2n) is 9.80. The number of hydrogen-bond acceptors (Lipinski definition) is 4. The zero-order valence-corrected chi connectivity index (χ0v) is 26.5. The number of halogens is 3. The topological polar surface area (TPSA) is 86.8 Å².